The standard InChI is InChI=1S/C13H14N2O3.ClH/c1-14-6-7-15(10-14)8-9-18-13(17)11-4-2-3-5-12(11)16;/h2-7,10H,8-9H2,1H3;1H. The summed E-state index contributed by atoms with van der Waals surface area (Å²) in [7, 11) is 1.92. The van der Waals surface area contributed by atoms with Gasteiger partial charge in [-0.1, -0.05) is 12.1 Å². The Kier molecular flexibility index (Phi) is 5.38. The number of esters is 1. The second-order valence-electron chi connectivity index (χ2n) is 3.97. The van der Waals surface area contributed by atoms with Crippen molar-refractivity contribution in [2.24, 2.45) is 7.05 Å². The van der Waals surface area contributed by atoms with E-state index in [1.807, 2.05) is 34.9 Å². The van der Waals surface area contributed by atoms with Crippen LogP contribution in [-0.2, 0) is 18.3 Å². The van der Waals surface area contributed by atoms with Crippen molar-refractivity contribution in [3.05, 3.63) is 48.5 Å². The quantitative estimate of drug-likeness (QED) is 0.515. The molecule has 1 aromatic carbocycles. The van der Waals surface area contributed by atoms with Crippen molar-refractivity contribution in [2.45, 2.75) is 6.54 Å². The van der Waals surface area contributed by atoms with Gasteiger partial charge in [0.15, 0.2) is 0 Å². The predicted molar refractivity (Wildman–Crippen MR) is 64.0 cm³/mol. The lowest BCUT2D eigenvalue weighted by atomic mass is 10.2. The number of ether oxygens (including phenoxy) is 1. The maximum atomic E-state index is 11.7. The van der Waals surface area contributed by atoms with Crippen molar-refractivity contribution >= 4 is 5.97 Å². The van der Waals surface area contributed by atoms with Gasteiger partial charge in [0.25, 0.3) is 0 Å². The molecule has 0 amide bonds. The third kappa shape index (κ3) is 3.99. The fourth-order valence-corrected chi connectivity index (χ4v) is 1.60. The molecule has 2 rings (SSSR count). The SMILES string of the molecule is C[n+]1ccn(CCOC(=O)c2ccccc2O)c1.[Cl-]. The number of nitrogens with zero attached hydrogens (tertiary/aromatic N) is 2. The molecule has 0 saturated heterocycles. The molecule has 0 fully saturated rings. The monoisotopic (exact) mass is 282 g/mol. The highest BCUT2D eigenvalue weighted by molar-refractivity contribution is 5.92. The summed E-state index contributed by atoms with van der Waals surface area (Å²) in [6.45, 7) is 0.849. The molecule has 0 aliphatic rings. The first-order valence-electron chi connectivity index (χ1n) is 5.63. The first-order chi connectivity index (χ1) is 8.66. The van der Waals surface area contributed by atoms with Crippen LogP contribution in [0.5, 0.6) is 5.75 Å². The number of hydrogen-bond donors (Lipinski definition) is 1. The van der Waals surface area contributed by atoms with Gasteiger partial charge in [-0.15, -0.1) is 0 Å². The number of halogens is 1. The lowest BCUT2D eigenvalue weighted by Gasteiger charge is -2.04. The van der Waals surface area contributed by atoms with Crippen LogP contribution in [0, 0.1) is 0 Å². The van der Waals surface area contributed by atoms with Gasteiger partial charge in [0.05, 0.1) is 7.05 Å². The second-order valence-corrected chi connectivity index (χ2v) is 3.97. The number of para-hydroxylation sites is 1. The van der Waals surface area contributed by atoms with Crippen LogP contribution < -0.4 is 17.0 Å². The van der Waals surface area contributed by atoms with Crippen LogP contribution in [0.25, 0.3) is 0 Å². The largest absolute Gasteiger partial charge is 1.00 e. The summed E-state index contributed by atoms with van der Waals surface area (Å²) in [6, 6.07) is 6.34. The Morgan fingerprint density at radius 2 is 2.16 bits per heavy atom. The molecule has 2 aromatic rings. The van der Waals surface area contributed by atoms with E-state index in [9.17, 15) is 9.90 Å². The smallest absolute Gasteiger partial charge is 0.342 e. The van der Waals surface area contributed by atoms with Crippen LogP contribution in [0.15, 0.2) is 43.0 Å². The number of benzene rings is 1. The first-order valence-corrected chi connectivity index (χ1v) is 5.63. The summed E-state index contributed by atoms with van der Waals surface area (Å²) >= 11 is 0. The minimum Gasteiger partial charge on any atom is -1.00 e. The Labute approximate surface area is 117 Å². The highest BCUT2D eigenvalue weighted by Crippen LogP contribution is 2.16. The summed E-state index contributed by atoms with van der Waals surface area (Å²) in [5.41, 5.74) is 0.190. The van der Waals surface area contributed by atoms with Crippen molar-refractivity contribution in [3.8, 4) is 5.75 Å². The number of aromatic hydroxyl groups is 1. The van der Waals surface area contributed by atoms with Crippen molar-refractivity contribution in [1.29, 1.82) is 0 Å². The Bertz CT molecular complexity index is 554. The minimum absolute atomic E-state index is 0. The average molecular weight is 283 g/mol. The maximum absolute atomic E-state index is 11.7. The molecular formula is C13H15ClN2O3. The number of aromatic nitrogens is 2. The van der Waals surface area contributed by atoms with Crippen LogP contribution in [-0.4, -0.2) is 22.2 Å². The third-order valence-electron chi connectivity index (χ3n) is 2.53. The van der Waals surface area contributed by atoms with Crippen LogP contribution in [0.1, 0.15) is 10.4 Å². The van der Waals surface area contributed by atoms with E-state index < -0.39 is 5.97 Å². The van der Waals surface area contributed by atoms with Crippen molar-refractivity contribution in [2.75, 3.05) is 6.61 Å². The molecule has 102 valence electrons. The van der Waals surface area contributed by atoms with Crippen molar-refractivity contribution in [1.82, 2.24) is 4.57 Å². The van der Waals surface area contributed by atoms with Gasteiger partial charge in [0.1, 0.15) is 36.9 Å². The summed E-state index contributed by atoms with van der Waals surface area (Å²) in [5, 5.41) is 9.49. The molecule has 19 heavy (non-hydrogen) atoms. The maximum Gasteiger partial charge on any atom is 0.342 e. The van der Waals surface area contributed by atoms with Gasteiger partial charge >= 0.3 is 5.97 Å². The molecule has 0 aliphatic heterocycles. The van der Waals surface area contributed by atoms with Gasteiger partial charge in [-0.05, 0) is 12.1 Å². The fraction of sp³-hybridized carbons (Fsp3) is 0.231. The number of carbonyl (C=O) groups excluding carboxylic acids is 1. The number of carbonyl (C=O) groups is 1. The van der Waals surface area contributed by atoms with Crippen LogP contribution in [0.2, 0.25) is 0 Å². The first kappa shape index (κ1) is 15.0. The van der Waals surface area contributed by atoms with E-state index in [-0.39, 0.29) is 30.3 Å². The Hall–Kier alpha value is -2.01. The molecular weight excluding hydrogens is 268 g/mol. The molecule has 1 aromatic heterocycles. The van der Waals surface area contributed by atoms with Gasteiger partial charge in [-0.2, -0.15) is 0 Å². The Balaban J connectivity index is 0.00000180. The molecule has 0 spiro atoms. The van der Waals surface area contributed by atoms with E-state index in [1.165, 1.54) is 12.1 Å². The molecule has 1 N–H and O–H groups in total. The van der Waals surface area contributed by atoms with Crippen LogP contribution in [0.4, 0.5) is 0 Å². The molecule has 6 heteroatoms. The van der Waals surface area contributed by atoms with Gasteiger partial charge in [0.2, 0.25) is 6.33 Å². The highest BCUT2D eigenvalue weighted by atomic mass is 35.5. The van der Waals surface area contributed by atoms with Crippen molar-refractivity contribution in [3.63, 3.8) is 0 Å². The van der Waals surface area contributed by atoms with Crippen LogP contribution >= 0.6 is 0 Å². The van der Waals surface area contributed by atoms with Gasteiger partial charge in [-0.25, -0.2) is 13.9 Å². The number of phenolic OH excluding ortho intramolecular Hbond substituents is 1. The number of hydrogen-bond acceptors (Lipinski definition) is 3. The molecule has 0 atom stereocenters. The molecule has 5 nitrogen and oxygen atoms in total. The van der Waals surface area contributed by atoms with E-state index in [2.05, 4.69) is 0 Å². The fourth-order valence-electron chi connectivity index (χ4n) is 1.60. The third-order valence-corrected chi connectivity index (χ3v) is 2.53. The minimum atomic E-state index is -0.510. The molecule has 0 unspecified atom stereocenters. The molecule has 0 bridgehead atoms. The zero-order chi connectivity index (χ0) is 13.0. The number of imidazole rings is 1. The van der Waals surface area contributed by atoms with E-state index >= 15 is 0 Å². The number of aryl methyl sites for hydroxylation is 1. The van der Waals surface area contributed by atoms with E-state index in [1.54, 1.807) is 12.1 Å². The van der Waals surface area contributed by atoms with E-state index in [4.69, 9.17) is 4.74 Å². The second kappa shape index (κ2) is 6.80. The van der Waals surface area contributed by atoms with Gasteiger partial charge in [0, 0.05) is 0 Å². The zero-order valence-corrected chi connectivity index (χ0v) is 11.2. The van der Waals surface area contributed by atoms with Gasteiger partial charge in [-0.3, -0.25) is 0 Å². The predicted octanol–water partition coefficient (Wildman–Crippen LogP) is -2.12. The van der Waals surface area contributed by atoms with E-state index in [0.29, 0.717) is 6.54 Å². The Morgan fingerprint density at radius 1 is 1.42 bits per heavy atom. The van der Waals surface area contributed by atoms with Gasteiger partial charge < -0.3 is 22.3 Å². The molecule has 0 radical (unpaired) electrons. The average Bonchev–Trinajstić information content (AvgIpc) is 2.75. The van der Waals surface area contributed by atoms with E-state index in [0.717, 1.165) is 0 Å². The molecule has 1 heterocycles. The summed E-state index contributed by atoms with van der Waals surface area (Å²) in [6.07, 6.45) is 5.70. The Morgan fingerprint density at radius 3 is 2.79 bits per heavy atom. The summed E-state index contributed by atoms with van der Waals surface area (Å²) < 4.78 is 8.92. The number of rotatable bonds is 4. The van der Waals surface area contributed by atoms with Crippen LogP contribution in [0.3, 0.4) is 0 Å². The summed E-state index contributed by atoms with van der Waals surface area (Å²) in [4.78, 5) is 11.7. The number of phenols is 1. The normalized spacial score (nSPS) is 9.74. The molecule has 0 saturated carbocycles. The summed E-state index contributed by atoms with van der Waals surface area (Å²) in [5.74, 6) is -0.570. The lowest BCUT2D eigenvalue weighted by molar-refractivity contribution is -0.671. The zero-order valence-electron chi connectivity index (χ0n) is 10.5. The topological polar surface area (TPSA) is 55.3 Å². The lowest BCUT2D eigenvalue weighted by Crippen LogP contribution is -3.00. The van der Waals surface area contributed by atoms with Crippen molar-refractivity contribution < 1.29 is 31.6 Å². The highest BCUT2D eigenvalue weighted by Gasteiger charge is 2.11. The molecule has 0 aliphatic carbocycles.